The van der Waals surface area contributed by atoms with Gasteiger partial charge >= 0.3 is 5.97 Å². The van der Waals surface area contributed by atoms with E-state index in [1.165, 1.54) is 6.42 Å². The molecule has 6 heteroatoms. The van der Waals surface area contributed by atoms with Crippen LogP contribution in [0.15, 0.2) is 64.6 Å². The molecule has 0 unspecified atom stereocenters. The lowest BCUT2D eigenvalue weighted by Crippen LogP contribution is -2.47. The molecule has 0 bridgehead atoms. The molecule has 1 atom stereocenters. The fourth-order valence-electron chi connectivity index (χ4n) is 4.26. The number of benzene rings is 2. The third kappa shape index (κ3) is 5.14. The Balaban J connectivity index is 1.79. The molecule has 1 saturated carbocycles. The van der Waals surface area contributed by atoms with E-state index in [-0.39, 0.29) is 12.5 Å². The van der Waals surface area contributed by atoms with E-state index in [0.717, 1.165) is 36.8 Å². The van der Waals surface area contributed by atoms with Gasteiger partial charge in [-0.05, 0) is 49.1 Å². The Morgan fingerprint density at radius 1 is 1.15 bits per heavy atom. The first kappa shape index (κ1) is 22.7. The van der Waals surface area contributed by atoms with Crippen LogP contribution in [0.1, 0.15) is 62.1 Å². The zero-order chi connectivity index (χ0) is 23.1. The Morgan fingerprint density at radius 3 is 2.55 bits per heavy atom. The minimum atomic E-state index is -1.38. The van der Waals surface area contributed by atoms with Gasteiger partial charge < -0.3 is 9.47 Å². The summed E-state index contributed by atoms with van der Waals surface area (Å²) in [5, 5.41) is 9.15. The smallest absolute Gasteiger partial charge is 0.344 e. The molecule has 1 heterocycles. The summed E-state index contributed by atoms with van der Waals surface area (Å²) in [6.07, 6.45) is 6.37. The summed E-state index contributed by atoms with van der Waals surface area (Å²) in [5.74, 6) is 0.250. The van der Waals surface area contributed by atoms with E-state index < -0.39 is 11.5 Å². The van der Waals surface area contributed by atoms with Crippen LogP contribution in [0.25, 0.3) is 0 Å². The molecule has 2 aliphatic rings. The fourth-order valence-corrected chi connectivity index (χ4v) is 4.26. The first-order valence-electron chi connectivity index (χ1n) is 11.7. The average Bonchev–Trinajstić information content (AvgIpc) is 3.23. The van der Waals surface area contributed by atoms with Gasteiger partial charge in [-0.1, -0.05) is 56.5 Å². The Labute approximate surface area is 195 Å². The number of hydrogen-bond donors (Lipinski definition) is 0. The van der Waals surface area contributed by atoms with E-state index in [1.54, 1.807) is 12.1 Å². The van der Waals surface area contributed by atoms with E-state index in [0.29, 0.717) is 30.4 Å². The van der Waals surface area contributed by atoms with Crippen LogP contribution in [0.2, 0.25) is 0 Å². The second kappa shape index (κ2) is 10.4. The van der Waals surface area contributed by atoms with Crippen molar-refractivity contribution in [2.45, 2.75) is 63.5 Å². The Morgan fingerprint density at radius 2 is 1.88 bits per heavy atom. The third-order valence-corrected chi connectivity index (χ3v) is 6.05. The van der Waals surface area contributed by atoms with E-state index in [9.17, 15) is 4.79 Å². The molecule has 33 heavy (non-hydrogen) atoms. The number of esters is 1. The van der Waals surface area contributed by atoms with Crippen molar-refractivity contribution in [2.24, 2.45) is 9.98 Å². The predicted molar refractivity (Wildman–Crippen MR) is 127 cm³/mol. The zero-order valence-electron chi connectivity index (χ0n) is 19.0. The van der Waals surface area contributed by atoms with Crippen LogP contribution in [0.5, 0.6) is 0 Å². The van der Waals surface area contributed by atoms with Gasteiger partial charge in [0, 0.05) is 12.0 Å². The molecule has 6 nitrogen and oxygen atoms in total. The first-order chi connectivity index (χ1) is 16.1. The molecule has 0 saturated heterocycles. The quantitative estimate of drug-likeness (QED) is 0.564. The maximum Gasteiger partial charge on any atom is 0.344 e. The lowest BCUT2D eigenvalue weighted by Gasteiger charge is -2.25. The van der Waals surface area contributed by atoms with E-state index in [2.05, 4.69) is 6.07 Å². The summed E-state index contributed by atoms with van der Waals surface area (Å²) in [6.45, 7) is 2.27. The molecule has 0 radical (unpaired) electrons. The number of hydrogen-bond acceptors (Lipinski definition) is 6. The molecule has 0 aromatic heterocycles. The third-order valence-electron chi connectivity index (χ3n) is 6.05. The lowest BCUT2D eigenvalue weighted by molar-refractivity contribution is -0.147. The molecular formula is C27H29N3O3. The highest BCUT2D eigenvalue weighted by molar-refractivity contribution is 6.19. The van der Waals surface area contributed by atoms with Crippen molar-refractivity contribution in [3.8, 4) is 6.07 Å². The van der Waals surface area contributed by atoms with Crippen molar-refractivity contribution in [3.05, 3.63) is 71.3 Å². The standard InChI is InChI=1S/C27H29N3O3/c1-2-17-32-26(31)27(18-20-13-15-21(19-28)16-14-20)25(29-23-11-7-4-8-12-23)33-24(30-27)22-9-5-3-6-10-22/h3,5-6,9-10,13-16,23H,2,4,7-8,11-12,17-18H2,1H3/t27-/m0/s1. The SMILES string of the molecule is CCCOC(=O)[C@@]1(Cc2ccc(C#N)cc2)N=C(c2ccccc2)OC1=NC1CCCCC1. The summed E-state index contributed by atoms with van der Waals surface area (Å²) in [6, 6.07) is 19.0. The van der Waals surface area contributed by atoms with E-state index in [4.69, 9.17) is 24.7 Å². The number of nitrogens with zero attached hydrogens (tertiary/aromatic N) is 3. The van der Waals surface area contributed by atoms with Gasteiger partial charge in [0.25, 0.3) is 0 Å². The number of ether oxygens (including phenoxy) is 2. The number of carbonyl (C=O) groups excluding carboxylic acids is 1. The normalized spacial score (nSPS) is 21.8. The van der Waals surface area contributed by atoms with Crippen molar-refractivity contribution >= 4 is 17.8 Å². The van der Waals surface area contributed by atoms with Crippen molar-refractivity contribution < 1.29 is 14.3 Å². The van der Waals surface area contributed by atoms with Crippen LogP contribution in [-0.4, -0.2) is 36.0 Å². The zero-order valence-corrected chi connectivity index (χ0v) is 19.0. The van der Waals surface area contributed by atoms with Gasteiger partial charge in [-0.2, -0.15) is 5.26 Å². The average molecular weight is 444 g/mol. The van der Waals surface area contributed by atoms with Crippen molar-refractivity contribution in [3.63, 3.8) is 0 Å². The number of aliphatic imine (C=N–C) groups is 2. The van der Waals surface area contributed by atoms with Gasteiger partial charge in [0.15, 0.2) is 0 Å². The van der Waals surface area contributed by atoms with Gasteiger partial charge in [-0.3, -0.25) is 0 Å². The van der Waals surface area contributed by atoms with Crippen LogP contribution < -0.4 is 0 Å². The van der Waals surface area contributed by atoms with Gasteiger partial charge in [-0.15, -0.1) is 0 Å². The maximum atomic E-state index is 13.5. The van der Waals surface area contributed by atoms with Gasteiger partial charge in [0.2, 0.25) is 17.3 Å². The van der Waals surface area contributed by atoms with Crippen LogP contribution in [0.4, 0.5) is 0 Å². The Hall–Kier alpha value is -3.46. The van der Waals surface area contributed by atoms with Gasteiger partial charge in [0.1, 0.15) is 0 Å². The molecule has 0 N–H and O–H groups in total. The highest BCUT2D eigenvalue weighted by Crippen LogP contribution is 2.32. The highest BCUT2D eigenvalue weighted by Gasteiger charge is 2.52. The second-order valence-corrected chi connectivity index (χ2v) is 8.59. The number of nitriles is 1. The second-order valence-electron chi connectivity index (χ2n) is 8.59. The van der Waals surface area contributed by atoms with Gasteiger partial charge in [-0.25, -0.2) is 14.8 Å². The summed E-state index contributed by atoms with van der Waals surface area (Å²) < 4.78 is 11.9. The fraction of sp³-hybridized carbons (Fsp3) is 0.407. The minimum Gasteiger partial charge on any atom is -0.463 e. The van der Waals surface area contributed by atoms with Crippen LogP contribution in [-0.2, 0) is 20.7 Å². The number of rotatable bonds is 7. The summed E-state index contributed by atoms with van der Waals surface area (Å²) in [7, 11) is 0. The molecule has 2 aromatic carbocycles. The van der Waals surface area contributed by atoms with Gasteiger partial charge in [0.05, 0.1) is 24.3 Å². The largest absolute Gasteiger partial charge is 0.463 e. The summed E-state index contributed by atoms with van der Waals surface area (Å²) in [5.41, 5.74) is 0.833. The molecule has 0 spiro atoms. The van der Waals surface area contributed by atoms with Crippen molar-refractivity contribution in [1.82, 2.24) is 0 Å². The van der Waals surface area contributed by atoms with E-state index >= 15 is 0 Å². The molecule has 1 aliphatic heterocycles. The molecule has 4 rings (SSSR count). The molecule has 1 aliphatic carbocycles. The van der Waals surface area contributed by atoms with Crippen LogP contribution in [0, 0.1) is 11.3 Å². The minimum absolute atomic E-state index is 0.110. The van der Waals surface area contributed by atoms with E-state index in [1.807, 2.05) is 49.4 Å². The number of carbonyl (C=O) groups is 1. The monoisotopic (exact) mass is 443 g/mol. The molecular weight excluding hydrogens is 414 g/mol. The Bertz CT molecular complexity index is 1060. The molecule has 1 fully saturated rings. The van der Waals surface area contributed by atoms with Crippen molar-refractivity contribution in [2.75, 3.05) is 6.61 Å². The Kier molecular flexibility index (Phi) is 7.19. The molecule has 170 valence electrons. The lowest BCUT2D eigenvalue weighted by atomic mass is 9.90. The van der Waals surface area contributed by atoms with Crippen LogP contribution in [0.3, 0.4) is 0 Å². The first-order valence-corrected chi connectivity index (χ1v) is 11.7. The topological polar surface area (TPSA) is 84.0 Å². The summed E-state index contributed by atoms with van der Waals surface area (Å²) >= 11 is 0. The summed E-state index contributed by atoms with van der Waals surface area (Å²) in [4.78, 5) is 23.3. The van der Waals surface area contributed by atoms with Crippen LogP contribution >= 0.6 is 0 Å². The highest BCUT2D eigenvalue weighted by atomic mass is 16.5. The predicted octanol–water partition coefficient (Wildman–Crippen LogP) is 5.00. The molecule has 0 amide bonds. The van der Waals surface area contributed by atoms with Crippen molar-refractivity contribution in [1.29, 1.82) is 5.26 Å². The maximum absolute atomic E-state index is 13.5. The molecule has 2 aromatic rings.